The van der Waals surface area contributed by atoms with Gasteiger partial charge in [-0.15, -0.1) is 0 Å². The van der Waals surface area contributed by atoms with Gasteiger partial charge in [0.25, 0.3) is 5.91 Å². The summed E-state index contributed by atoms with van der Waals surface area (Å²) >= 11 is 3.47. The number of aryl methyl sites for hydroxylation is 1. The molecular weight excluding hydrogens is 328 g/mol. The summed E-state index contributed by atoms with van der Waals surface area (Å²) in [5.74, 6) is 0.126. The van der Waals surface area contributed by atoms with Crippen LogP contribution in [0.3, 0.4) is 0 Å². The third kappa shape index (κ3) is 5.79. The van der Waals surface area contributed by atoms with Gasteiger partial charge in [-0.25, -0.2) is 0 Å². The summed E-state index contributed by atoms with van der Waals surface area (Å²) in [5.41, 5.74) is 1.87. The number of carbonyl (C=O) groups excluding carboxylic acids is 1. The molecule has 1 amide bonds. The van der Waals surface area contributed by atoms with Crippen molar-refractivity contribution in [2.75, 3.05) is 32.7 Å². The van der Waals surface area contributed by atoms with Gasteiger partial charge in [0, 0.05) is 23.1 Å². The molecule has 0 fully saturated rings. The van der Waals surface area contributed by atoms with E-state index in [4.69, 9.17) is 0 Å². The fourth-order valence-electron chi connectivity index (χ4n) is 2.47. The fraction of sp³-hybridized carbons (Fsp3) is 0.588. The van der Waals surface area contributed by atoms with Crippen LogP contribution in [0.5, 0.6) is 0 Å². The molecule has 1 aromatic carbocycles. The standard InChI is InChI=1S/C17H27BrN2O/c1-5-19(6-2)9-8-10-20(7-3)17(21)15-11-14(4)12-16(18)13-15/h11-13H,5-10H2,1-4H3. The largest absolute Gasteiger partial charge is 0.339 e. The van der Waals surface area contributed by atoms with E-state index in [-0.39, 0.29) is 5.91 Å². The second-order valence-corrected chi connectivity index (χ2v) is 6.20. The second kappa shape index (κ2) is 9.21. The van der Waals surface area contributed by atoms with Gasteiger partial charge in [-0.1, -0.05) is 29.8 Å². The summed E-state index contributed by atoms with van der Waals surface area (Å²) in [6.07, 6.45) is 1.02. The van der Waals surface area contributed by atoms with Crippen LogP contribution >= 0.6 is 15.9 Å². The topological polar surface area (TPSA) is 23.6 Å². The van der Waals surface area contributed by atoms with Gasteiger partial charge in [-0.05, 0) is 63.7 Å². The molecule has 0 atom stereocenters. The molecule has 0 aliphatic heterocycles. The molecule has 0 spiro atoms. The average Bonchev–Trinajstić information content (AvgIpc) is 2.46. The van der Waals surface area contributed by atoms with Gasteiger partial charge in [-0.3, -0.25) is 4.79 Å². The second-order valence-electron chi connectivity index (χ2n) is 5.28. The number of hydrogen-bond acceptors (Lipinski definition) is 2. The van der Waals surface area contributed by atoms with Crippen molar-refractivity contribution in [3.63, 3.8) is 0 Å². The summed E-state index contributed by atoms with van der Waals surface area (Å²) in [7, 11) is 0. The lowest BCUT2D eigenvalue weighted by atomic mass is 10.1. The average molecular weight is 355 g/mol. The van der Waals surface area contributed by atoms with Gasteiger partial charge >= 0.3 is 0 Å². The molecule has 0 aromatic heterocycles. The number of carbonyl (C=O) groups is 1. The van der Waals surface area contributed by atoms with Crippen molar-refractivity contribution in [1.29, 1.82) is 0 Å². The van der Waals surface area contributed by atoms with E-state index in [1.54, 1.807) is 0 Å². The Hall–Kier alpha value is -0.870. The lowest BCUT2D eigenvalue weighted by Gasteiger charge is -2.24. The zero-order chi connectivity index (χ0) is 15.8. The van der Waals surface area contributed by atoms with Crippen molar-refractivity contribution in [2.45, 2.75) is 34.1 Å². The van der Waals surface area contributed by atoms with E-state index in [1.807, 2.05) is 36.9 Å². The highest BCUT2D eigenvalue weighted by atomic mass is 79.9. The highest BCUT2D eigenvalue weighted by molar-refractivity contribution is 9.10. The van der Waals surface area contributed by atoms with Crippen molar-refractivity contribution in [2.24, 2.45) is 0 Å². The van der Waals surface area contributed by atoms with Crippen molar-refractivity contribution in [3.05, 3.63) is 33.8 Å². The molecule has 21 heavy (non-hydrogen) atoms. The molecule has 0 aliphatic rings. The Balaban J connectivity index is 2.64. The highest BCUT2D eigenvalue weighted by Gasteiger charge is 2.15. The summed E-state index contributed by atoms with van der Waals surface area (Å²) in [5, 5.41) is 0. The van der Waals surface area contributed by atoms with Gasteiger partial charge in [0.2, 0.25) is 0 Å². The first kappa shape index (κ1) is 18.2. The summed E-state index contributed by atoms with van der Waals surface area (Å²) < 4.78 is 0.963. The zero-order valence-corrected chi connectivity index (χ0v) is 15.2. The van der Waals surface area contributed by atoms with Crippen LogP contribution in [0.15, 0.2) is 22.7 Å². The monoisotopic (exact) mass is 354 g/mol. The summed E-state index contributed by atoms with van der Waals surface area (Å²) in [6, 6.07) is 5.88. The molecule has 0 bridgehead atoms. The van der Waals surface area contributed by atoms with E-state index < -0.39 is 0 Å². The molecule has 1 rings (SSSR count). The minimum Gasteiger partial charge on any atom is -0.339 e. The molecule has 4 heteroatoms. The highest BCUT2D eigenvalue weighted by Crippen LogP contribution is 2.17. The lowest BCUT2D eigenvalue weighted by molar-refractivity contribution is 0.0757. The van der Waals surface area contributed by atoms with Crippen LogP contribution in [0.25, 0.3) is 0 Å². The Morgan fingerprint density at radius 1 is 1.05 bits per heavy atom. The van der Waals surface area contributed by atoms with Gasteiger partial charge in [0.1, 0.15) is 0 Å². The van der Waals surface area contributed by atoms with Crippen LogP contribution in [-0.4, -0.2) is 48.4 Å². The van der Waals surface area contributed by atoms with E-state index in [0.717, 1.165) is 54.7 Å². The van der Waals surface area contributed by atoms with Crippen molar-refractivity contribution in [1.82, 2.24) is 9.80 Å². The van der Waals surface area contributed by atoms with Gasteiger partial charge in [0.15, 0.2) is 0 Å². The molecule has 0 heterocycles. The van der Waals surface area contributed by atoms with E-state index >= 15 is 0 Å². The normalized spacial score (nSPS) is 11.0. The van der Waals surface area contributed by atoms with Gasteiger partial charge in [0.05, 0.1) is 0 Å². The minimum absolute atomic E-state index is 0.126. The molecule has 3 nitrogen and oxygen atoms in total. The number of nitrogens with zero attached hydrogens (tertiary/aromatic N) is 2. The fourth-order valence-corrected chi connectivity index (χ4v) is 3.08. The Labute approximate surface area is 137 Å². The maximum absolute atomic E-state index is 12.6. The van der Waals surface area contributed by atoms with Crippen molar-refractivity contribution < 1.29 is 4.79 Å². The first-order chi connectivity index (χ1) is 10.0. The predicted molar refractivity (Wildman–Crippen MR) is 92.9 cm³/mol. The molecule has 0 saturated heterocycles. The Morgan fingerprint density at radius 3 is 2.24 bits per heavy atom. The molecule has 0 radical (unpaired) electrons. The number of rotatable bonds is 8. The van der Waals surface area contributed by atoms with Crippen LogP contribution in [0.4, 0.5) is 0 Å². The van der Waals surface area contributed by atoms with E-state index in [0.29, 0.717) is 0 Å². The first-order valence-corrected chi connectivity index (χ1v) is 8.59. The van der Waals surface area contributed by atoms with Crippen LogP contribution < -0.4 is 0 Å². The molecule has 0 N–H and O–H groups in total. The minimum atomic E-state index is 0.126. The third-order valence-corrected chi connectivity index (χ3v) is 4.21. The first-order valence-electron chi connectivity index (χ1n) is 7.80. The Kier molecular flexibility index (Phi) is 7.97. The van der Waals surface area contributed by atoms with Gasteiger partial charge in [-0.2, -0.15) is 0 Å². The molecule has 1 aromatic rings. The Morgan fingerprint density at radius 2 is 1.71 bits per heavy atom. The predicted octanol–water partition coefficient (Wildman–Crippen LogP) is 3.95. The van der Waals surface area contributed by atoms with E-state index in [1.165, 1.54) is 0 Å². The summed E-state index contributed by atoms with van der Waals surface area (Å²) in [6.45, 7) is 13.2. The maximum Gasteiger partial charge on any atom is 0.253 e. The third-order valence-electron chi connectivity index (χ3n) is 3.75. The van der Waals surface area contributed by atoms with Crippen molar-refractivity contribution in [3.8, 4) is 0 Å². The van der Waals surface area contributed by atoms with Crippen LogP contribution in [0, 0.1) is 6.92 Å². The van der Waals surface area contributed by atoms with Crippen LogP contribution in [0.1, 0.15) is 43.1 Å². The number of benzene rings is 1. The Bertz CT molecular complexity index is 438. The van der Waals surface area contributed by atoms with E-state index in [9.17, 15) is 4.79 Å². The number of amides is 1. The number of halogens is 1. The van der Waals surface area contributed by atoms with Crippen LogP contribution in [0.2, 0.25) is 0 Å². The molecule has 0 aliphatic carbocycles. The van der Waals surface area contributed by atoms with Crippen LogP contribution in [-0.2, 0) is 0 Å². The molecular formula is C17H27BrN2O. The van der Waals surface area contributed by atoms with E-state index in [2.05, 4.69) is 34.7 Å². The molecule has 118 valence electrons. The molecule has 0 unspecified atom stereocenters. The summed E-state index contributed by atoms with van der Waals surface area (Å²) in [4.78, 5) is 16.9. The quantitative estimate of drug-likeness (QED) is 0.705. The maximum atomic E-state index is 12.6. The smallest absolute Gasteiger partial charge is 0.253 e. The lowest BCUT2D eigenvalue weighted by Crippen LogP contribution is -2.34. The van der Waals surface area contributed by atoms with Gasteiger partial charge < -0.3 is 9.80 Å². The van der Waals surface area contributed by atoms with Crippen molar-refractivity contribution >= 4 is 21.8 Å². The zero-order valence-electron chi connectivity index (χ0n) is 13.7. The SMILES string of the molecule is CCN(CC)CCCN(CC)C(=O)c1cc(C)cc(Br)c1. The number of hydrogen-bond donors (Lipinski definition) is 0. The molecule has 0 saturated carbocycles.